The zero-order chi connectivity index (χ0) is 29.8. The molecule has 0 saturated heterocycles. The minimum atomic E-state index is -4.81. The highest BCUT2D eigenvalue weighted by Gasteiger charge is 2.31. The maximum Gasteiger partial charge on any atom is 0.573 e. The monoisotopic (exact) mass is 578 g/mol. The molecule has 0 aliphatic rings. The highest BCUT2D eigenvalue weighted by atomic mass is 19.4. The number of para-hydroxylation sites is 1. The van der Waals surface area contributed by atoms with Gasteiger partial charge in [-0.2, -0.15) is 0 Å². The van der Waals surface area contributed by atoms with Crippen molar-refractivity contribution in [3.8, 4) is 16.9 Å². The molecule has 0 radical (unpaired) electrons. The quantitative estimate of drug-likeness (QED) is 0.0783. The number of amides is 2. The molecule has 0 aliphatic heterocycles. The molecule has 8 N–H and O–H groups in total. The molecule has 1 aromatic heterocycles. The van der Waals surface area contributed by atoms with E-state index >= 15 is 0 Å². The first kappa shape index (κ1) is 30.9. The van der Waals surface area contributed by atoms with Gasteiger partial charge in [0.1, 0.15) is 11.6 Å². The van der Waals surface area contributed by atoms with Crippen molar-refractivity contribution in [1.29, 1.82) is 0 Å². The highest BCUT2D eigenvalue weighted by Crippen LogP contribution is 2.27. The van der Waals surface area contributed by atoms with Crippen molar-refractivity contribution >= 4 is 17.9 Å². The minimum absolute atomic E-state index is 0.0142. The lowest BCUT2D eigenvalue weighted by Crippen LogP contribution is -2.31. The van der Waals surface area contributed by atoms with E-state index in [9.17, 15) is 27.2 Å². The van der Waals surface area contributed by atoms with Crippen molar-refractivity contribution in [1.82, 2.24) is 20.6 Å². The summed E-state index contributed by atoms with van der Waals surface area (Å²) in [6, 6.07) is 9.43. The van der Waals surface area contributed by atoms with E-state index in [1.165, 1.54) is 30.5 Å². The summed E-state index contributed by atoms with van der Waals surface area (Å²) in [4.78, 5) is 35.0. The average Bonchev–Trinajstić information content (AvgIpc) is 2.89. The third-order valence-electron chi connectivity index (χ3n) is 5.62. The van der Waals surface area contributed by atoms with E-state index in [0.29, 0.717) is 42.6 Å². The number of urea groups is 1. The van der Waals surface area contributed by atoms with Crippen LogP contribution in [0.3, 0.4) is 0 Å². The number of carbonyl (C=O) groups excluding carboxylic acids is 1. The Bertz CT molecular complexity index is 1410. The van der Waals surface area contributed by atoms with Crippen LogP contribution in [0.5, 0.6) is 5.75 Å². The largest absolute Gasteiger partial charge is 0.573 e. The molecular formula is C26H30F4N8O3. The van der Waals surface area contributed by atoms with Gasteiger partial charge in [0.05, 0.1) is 5.56 Å². The maximum atomic E-state index is 14.6. The van der Waals surface area contributed by atoms with Gasteiger partial charge in [-0.25, -0.2) is 14.2 Å². The topological polar surface area (TPSA) is 173 Å². The summed E-state index contributed by atoms with van der Waals surface area (Å²) < 4.78 is 56.3. The number of aryl methyl sites for hydroxylation is 1. The predicted molar refractivity (Wildman–Crippen MR) is 146 cm³/mol. The summed E-state index contributed by atoms with van der Waals surface area (Å²) in [6.45, 7) is 1.44. The van der Waals surface area contributed by atoms with E-state index in [4.69, 9.17) is 11.5 Å². The Balaban J connectivity index is 1.48. The normalized spacial score (nSPS) is 11.1. The van der Waals surface area contributed by atoms with Crippen LogP contribution in [0.15, 0.2) is 58.4 Å². The highest BCUT2D eigenvalue weighted by molar-refractivity contribution is 5.87. The van der Waals surface area contributed by atoms with Crippen molar-refractivity contribution in [3.63, 3.8) is 0 Å². The van der Waals surface area contributed by atoms with E-state index in [0.717, 1.165) is 0 Å². The second kappa shape index (κ2) is 14.6. The number of guanidine groups is 1. The molecular weight excluding hydrogens is 548 g/mol. The van der Waals surface area contributed by atoms with Crippen molar-refractivity contribution in [3.05, 3.63) is 76.0 Å². The third-order valence-corrected chi connectivity index (χ3v) is 5.62. The van der Waals surface area contributed by atoms with Crippen LogP contribution >= 0.6 is 0 Å². The van der Waals surface area contributed by atoms with Crippen LogP contribution in [0.25, 0.3) is 11.1 Å². The lowest BCUT2D eigenvalue weighted by Gasteiger charge is -2.13. The summed E-state index contributed by atoms with van der Waals surface area (Å²) >= 11 is 0. The van der Waals surface area contributed by atoms with Gasteiger partial charge in [0.2, 0.25) is 5.95 Å². The number of halogens is 4. The molecule has 220 valence electrons. The molecule has 2 amide bonds. The van der Waals surface area contributed by atoms with Gasteiger partial charge >= 0.3 is 12.4 Å². The fourth-order valence-electron chi connectivity index (χ4n) is 3.72. The van der Waals surface area contributed by atoms with Crippen molar-refractivity contribution in [2.24, 2.45) is 16.5 Å². The van der Waals surface area contributed by atoms with Gasteiger partial charge in [-0.3, -0.25) is 20.1 Å². The summed E-state index contributed by atoms with van der Waals surface area (Å²) in [6.07, 6.45) is -2.38. The summed E-state index contributed by atoms with van der Waals surface area (Å²) in [5.41, 5.74) is 11.1. The first-order valence-corrected chi connectivity index (χ1v) is 12.5. The van der Waals surface area contributed by atoms with Gasteiger partial charge in [-0.15, -0.1) is 13.2 Å². The second-order valence-corrected chi connectivity index (χ2v) is 8.76. The van der Waals surface area contributed by atoms with Crippen molar-refractivity contribution < 1.29 is 27.1 Å². The number of rotatable bonds is 13. The molecule has 11 nitrogen and oxygen atoms in total. The van der Waals surface area contributed by atoms with Crippen LogP contribution in [-0.2, 0) is 13.0 Å². The lowest BCUT2D eigenvalue weighted by atomic mass is 10.1. The molecule has 3 aromatic rings. The number of anilines is 1. The zero-order valence-corrected chi connectivity index (χ0v) is 21.9. The Hall–Kier alpha value is -4.66. The van der Waals surface area contributed by atoms with Gasteiger partial charge < -0.3 is 26.8 Å². The predicted octanol–water partition coefficient (Wildman–Crippen LogP) is 2.98. The molecule has 2 aromatic carbocycles. The summed E-state index contributed by atoms with van der Waals surface area (Å²) in [5, 5.41) is 7.99. The number of carbonyl (C=O) groups is 1. The molecule has 1 heterocycles. The molecule has 0 atom stereocenters. The number of aromatic amines is 1. The van der Waals surface area contributed by atoms with E-state index in [1.54, 1.807) is 18.2 Å². The number of aromatic nitrogens is 2. The molecule has 0 aliphatic carbocycles. The number of nitrogens with one attached hydrogen (secondary N) is 4. The first-order valence-electron chi connectivity index (χ1n) is 12.5. The molecule has 0 unspecified atom stereocenters. The first-order chi connectivity index (χ1) is 19.5. The Morgan fingerprint density at radius 1 is 1.07 bits per heavy atom. The molecule has 0 bridgehead atoms. The van der Waals surface area contributed by atoms with E-state index < -0.39 is 23.8 Å². The van der Waals surface area contributed by atoms with Crippen molar-refractivity contribution in [2.75, 3.05) is 25.0 Å². The lowest BCUT2D eigenvalue weighted by molar-refractivity contribution is -0.274. The number of alkyl halides is 3. The Labute approximate surface area is 232 Å². The Morgan fingerprint density at radius 3 is 2.56 bits per heavy atom. The number of hydrogen-bond acceptors (Lipinski definition) is 6. The number of hydrogen-bond donors (Lipinski definition) is 6. The van der Waals surface area contributed by atoms with Crippen molar-refractivity contribution in [2.45, 2.75) is 32.2 Å². The van der Waals surface area contributed by atoms with Crippen LogP contribution in [-0.4, -0.2) is 48.0 Å². The third kappa shape index (κ3) is 10.4. The van der Waals surface area contributed by atoms with Crippen LogP contribution in [0.2, 0.25) is 0 Å². The maximum absolute atomic E-state index is 14.6. The van der Waals surface area contributed by atoms with E-state index in [1.807, 2.05) is 0 Å². The number of aliphatic imine (C=N–C) groups is 1. The number of nitrogens with zero attached hydrogens (tertiary/aromatic N) is 2. The van der Waals surface area contributed by atoms with Gasteiger partial charge in [0.15, 0.2) is 5.96 Å². The number of H-pyrrole nitrogens is 1. The molecule has 41 heavy (non-hydrogen) atoms. The van der Waals surface area contributed by atoms with Crippen LogP contribution in [0, 0.1) is 5.82 Å². The van der Waals surface area contributed by atoms with Gasteiger partial charge in [0, 0.05) is 31.4 Å². The average molecular weight is 579 g/mol. The minimum Gasteiger partial charge on any atom is -0.406 e. The number of ether oxygens (including phenoxy) is 1. The van der Waals surface area contributed by atoms with Crippen LogP contribution in [0.1, 0.15) is 24.0 Å². The standard InChI is InChI=1S/C26H30F4N8O3/c27-20-13-17(8-9-18(20)14-33-10-4-12-34-23(31)32)19-15-36-24(37-22(19)39)38-25(40)35-11-3-6-16-5-1-2-7-21(16)41-26(28,29)30/h1-2,5,7-9,13,15,33H,3-4,6,10-12,14H2,(H4,31,32,34)(H3,35,36,37,38,39,40). The van der Waals surface area contributed by atoms with Gasteiger partial charge in [0.25, 0.3) is 5.56 Å². The molecule has 0 fully saturated rings. The SMILES string of the molecule is NC(N)=NCCCNCc1ccc(-c2cnc(NC(=O)NCCCc3ccccc3OC(F)(F)F)[nH]c2=O)cc1F. The summed E-state index contributed by atoms with van der Waals surface area (Å²) in [5.74, 6) is -0.927. The smallest absolute Gasteiger partial charge is 0.406 e. The molecule has 0 spiro atoms. The molecule has 15 heteroatoms. The summed E-state index contributed by atoms with van der Waals surface area (Å²) in [7, 11) is 0. The zero-order valence-electron chi connectivity index (χ0n) is 21.9. The van der Waals surface area contributed by atoms with Crippen LogP contribution in [0.4, 0.5) is 28.3 Å². The fourth-order valence-corrected chi connectivity index (χ4v) is 3.72. The van der Waals surface area contributed by atoms with E-state index in [-0.39, 0.29) is 42.7 Å². The van der Waals surface area contributed by atoms with E-state index in [2.05, 4.69) is 35.6 Å². The second-order valence-electron chi connectivity index (χ2n) is 8.76. The Kier molecular flexibility index (Phi) is 11.0. The number of nitrogens with two attached hydrogens (primary N) is 2. The Morgan fingerprint density at radius 2 is 1.85 bits per heavy atom. The fraction of sp³-hybridized carbons (Fsp3) is 0.308. The molecule has 3 rings (SSSR count). The number of benzene rings is 2. The van der Waals surface area contributed by atoms with Gasteiger partial charge in [-0.1, -0.05) is 30.3 Å². The van der Waals surface area contributed by atoms with Gasteiger partial charge in [-0.05, 0) is 49.1 Å². The van der Waals surface area contributed by atoms with Crippen LogP contribution < -0.4 is 37.7 Å². The molecule has 0 saturated carbocycles.